The molecule has 0 atom stereocenters. The van der Waals surface area contributed by atoms with E-state index in [0.717, 1.165) is 6.26 Å². The third-order valence-corrected chi connectivity index (χ3v) is 1.14. The molecule has 0 saturated carbocycles. The summed E-state index contributed by atoms with van der Waals surface area (Å²) < 4.78 is 20.0. The molecule has 0 rings (SSSR count). The predicted octanol–water partition coefficient (Wildman–Crippen LogP) is -5.22. The van der Waals surface area contributed by atoms with Crippen molar-refractivity contribution < 1.29 is 47.9 Å². The first-order chi connectivity index (χ1) is 3.42. The minimum absolute atomic E-state index is 0. The Morgan fingerprint density at radius 3 is 1.89 bits per heavy atom. The third kappa shape index (κ3) is 11.8. The van der Waals surface area contributed by atoms with Gasteiger partial charge in [-0.05, 0) is 0 Å². The van der Waals surface area contributed by atoms with Crippen molar-refractivity contribution in [3.8, 4) is 0 Å². The third-order valence-electron chi connectivity index (χ3n) is 0.380. The van der Waals surface area contributed by atoms with Crippen LogP contribution >= 0.6 is 0 Å². The number of carboxylic acid groups (broad SMARTS) is 1. The first kappa shape index (κ1) is 12.1. The largest absolute Gasteiger partial charge is 1.00 e. The molecule has 0 amide bonds. The number of hydrogen-bond acceptors (Lipinski definition) is 4. The Morgan fingerprint density at radius 2 is 1.89 bits per heavy atom. The smallest absolute Gasteiger partial charge is 0.549 e. The standard InChI is InChI=1S/C3H6O4S.Na/c1-8(6,7)2-3(4)5;/h2H2,1H3,(H,4,5);/q;+1/p-1. The van der Waals surface area contributed by atoms with Gasteiger partial charge in [-0.3, -0.25) is 0 Å². The average molecular weight is 160 g/mol. The fourth-order valence-corrected chi connectivity index (χ4v) is 0.642. The maximum Gasteiger partial charge on any atom is 1.00 e. The Morgan fingerprint density at radius 1 is 1.56 bits per heavy atom. The van der Waals surface area contributed by atoms with E-state index < -0.39 is 21.6 Å². The van der Waals surface area contributed by atoms with Crippen molar-refractivity contribution in [2.24, 2.45) is 0 Å². The van der Waals surface area contributed by atoms with Crippen molar-refractivity contribution >= 4 is 15.8 Å². The molecule has 48 valence electrons. The SMILES string of the molecule is CS(=O)(=O)CC(=O)[O-].[Na+]. The molecule has 0 aromatic carbocycles. The average Bonchev–Trinajstić information content (AvgIpc) is 1.21. The van der Waals surface area contributed by atoms with Gasteiger partial charge < -0.3 is 9.90 Å². The van der Waals surface area contributed by atoms with E-state index >= 15 is 0 Å². The Kier molecular flexibility index (Phi) is 5.75. The summed E-state index contributed by atoms with van der Waals surface area (Å²) in [5.74, 6) is -2.46. The fraction of sp³-hybridized carbons (Fsp3) is 0.667. The van der Waals surface area contributed by atoms with Crippen LogP contribution in [0, 0.1) is 0 Å². The van der Waals surface area contributed by atoms with Crippen LogP contribution < -0.4 is 34.7 Å². The van der Waals surface area contributed by atoms with Gasteiger partial charge in [-0.15, -0.1) is 0 Å². The van der Waals surface area contributed by atoms with Gasteiger partial charge in [0.25, 0.3) is 0 Å². The molecule has 0 bridgehead atoms. The number of carbonyl (C=O) groups excluding carboxylic acids is 1. The van der Waals surface area contributed by atoms with E-state index in [1.54, 1.807) is 0 Å². The minimum atomic E-state index is -3.39. The van der Waals surface area contributed by atoms with Gasteiger partial charge in [-0.25, -0.2) is 8.42 Å². The van der Waals surface area contributed by atoms with Gasteiger partial charge in [0.15, 0.2) is 9.84 Å². The molecular formula is C3H5NaO4S. The van der Waals surface area contributed by atoms with Gasteiger partial charge in [0.2, 0.25) is 0 Å². The zero-order valence-electron chi connectivity index (χ0n) is 5.25. The predicted molar refractivity (Wildman–Crippen MR) is 24.7 cm³/mol. The molecule has 0 N–H and O–H groups in total. The molecule has 4 nitrogen and oxygen atoms in total. The summed E-state index contributed by atoms with van der Waals surface area (Å²) in [6.07, 6.45) is 0.836. The molecule has 0 aliphatic rings. The second kappa shape index (κ2) is 4.27. The van der Waals surface area contributed by atoms with E-state index in [-0.39, 0.29) is 29.6 Å². The molecule has 0 fully saturated rings. The van der Waals surface area contributed by atoms with E-state index in [2.05, 4.69) is 0 Å². The van der Waals surface area contributed by atoms with Crippen LogP contribution in [0.2, 0.25) is 0 Å². The number of aliphatic carboxylic acids is 1. The molecule has 0 aliphatic heterocycles. The normalized spacial score (nSPS) is 9.89. The molecule has 0 heterocycles. The summed E-state index contributed by atoms with van der Waals surface area (Å²) in [4.78, 5) is 9.52. The van der Waals surface area contributed by atoms with Crippen LogP contribution in [-0.2, 0) is 14.6 Å². The summed E-state index contributed by atoms with van der Waals surface area (Å²) in [5, 5.41) is 9.52. The maximum absolute atomic E-state index is 10.0. The van der Waals surface area contributed by atoms with Crippen LogP contribution in [0.15, 0.2) is 0 Å². The second-order valence-corrected chi connectivity index (χ2v) is 3.58. The Balaban J connectivity index is 0. The zero-order chi connectivity index (χ0) is 6.78. The molecule has 0 aromatic rings. The summed E-state index contributed by atoms with van der Waals surface area (Å²) in [7, 11) is -3.39. The molecule has 0 aromatic heterocycles. The van der Waals surface area contributed by atoms with Gasteiger partial charge in [0.05, 0.1) is 11.7 Å². The van der Waals surface area contributed by atoms with Crippen LogP contribution in [0.5, 0.6) is 0 Å². The maximum atomic E-state index is 10.0. The molecule has 0 aliphatic carbocycles. The van der Waals surface area contributed by atoms with Crippen LogP contribution in [0.4, 0.5) is 0 Å². The first-order valence-electron chi connectivity index (χ1n) is 1.79. The number of rotatable bonds is 2. The van der Waals surface area contributed by atoms with Crippen LogP contribution in [0.1, 0.15) is 0 Å². The summed E-state index contributed by atoms with van der Waals surface area (Å²) in [6, 6.07) is 0. The Labute approximate surface area is 75.5 Å². The second-order valence-electron chi connectivity index (χ2n) is 1.44. The van der Waals surface area contributed by atoms with Gasteiger partial charge in [-0.1, -0.05) is 0 Å². The van der Waals surface area contributed by atoms with E-state index in [9.17, 15) is 18.3 Å². The molecule has 0 saturated heterocycles. The monoisotopic (exact) mass is 160 g/mol. The van der Waals surface area contributed by atoms with Gasteiger partial charge in [-0.2, -0.15) is 0 Å². The van der Waals surface area contributed by atoms with E-state index in [0.29, 0.717) is 0 Å². The fourth-order valence-electron chi connectivity index (χ4n) is 0.214. The van der Waals surface area contributed by atoms with Crippen LogP contribution in [0.25, 0.3) is 0 Å². The first-order valence-corrected chi connectivity index (χ1v) is 3.85. The van der Waals surface area contributed by atoms with Gasteiger partial charge >= 0.3 is 29.6 Å². The number of carboxylic acids is 1. The summed E-state index contributed by atoms with van der Waals surface area (Å²) >= 11 is 0. The number of sulfone groups is 1. The topological polar surface area (TPSA) is 74.3 Å². The Hall–Kier alpha value is 0.420. The molecule has 9 heavy (non-hydrogen) atoms. The molecule has 0 spiro atoms. The summed E-state index contributed by atoms with van der Waals surface area (Å²) in [5.41, 5.74) is 0. The molecular weight excluding hydrogens is 155 g/mol. The van der Waals surface area contributed by atoms with Crippen LogP contribution in [-0.4, -0.2) is 26.4 Å². The van der Waals surface area contributed by atoms with E-state index in [1.165, 1.54) is 0 Å². The van der Waals surface area contributed by atoms with Crippen molar-refractivity contribution in [2.45, 2.75) is 0 Å². The molecule has 0 unspecified atom stereocenters. The zero-order valence-corrected chi connectivity index (χ0v) is 8.06. The Bertz CT molecular complexity index is 182. The number of carbonyl (C=O) groups is 1. The van der Waals surface area contributed by atoms with Gasteiger partial charge in [0.1, 0.15) is 0 Å². The van der Waals surface area contributed by atoms with Crippen molar-refractivity contribution in [2.75, 3.05) is 12.0 Å². The van der Waals surface area contributed by atoms with Gasteiger partial charge in [0, 0.05) is 6.26 Å². The summed E-state index contributed by atoms with van der Waals surface area (Å²) in [6.45, 7) is 0. The van der Waals surface area contributed by atoms with Crippen molar-refractivity contribution in [3.05, 3.63) is 0 Å². The minimum Gasteiger partial charge on any atom is -0.549 e. The molecule has 0 radical (unpaired) electrons. The van der Waals surface area contributed by atoms with Crippen molar-refractivity contribution in [1.29, 1.82) is 0 Å². The van der Waals surface area contributed by atoms with Crippen LogP contribution in [0.3, 0.4) is 0 Å². The number of hydrogen-bond donors (Lipinski definition) is 0. The van der Waals surface area contributed by atoms with Crippen molar-refractivity contribution in [3.63, 3.8) is 0 Å². The van der Waals surface area contributed by atoms with Crippen molar-refractivity contribution in [1.82, 2.24) is 0 Å². The molecule has 6 heteroatoms. The van der Waals surface area contributed by atoms with E-state index in [4.69, 9.17) is 0 Å². The quantitative estimate of drug-likeness (QED) is 0.378. The van der Waals surface area contributed by atoms with E-state index in [1.807, 2.05) is 0 Å².